The van der Waals surface area contributed by atoms with Gasteiger partial charge in [0.15, 0.2) is 9.84 Å². The van der Waals surface area contributed by atoms with E-state index in [1.807, 2.05) is 17.0 Å². The maximum absolute atomic E-state index is 13.4. The summed E-state index contributed by atoms with van der Waals surface area (Å²) in [6.45, 7) is 4.88. The molecule has 1 amide bonds. The minimum absolute atomic E-state index is 0.125. The summed E-state index contributed by atoms with van der Waals surface area (Å²) in [5, 5.41) is 0.754. The van der Waals surface area contributed by atoms with Crippen LogP contribution in [0.25, 0.3) is 0 Å². The Labute approximate surface area is 191 Å². The second-order valence-electron chi connectivity index (χ2n) is 9.33. The van der Waals surface area contributed by atoms with Crippen molar-refractivity contribution >= 4 is 27.3 Å². The molecule has 8 heteroatoms. The molecule has 1 aromatic carbocycles. The molecular weight excluding hydrogens is 434 g/mol. The Kier molecular flexibility index (Phi) is 7.57. The fourth-order valence-electron chi connectivity index (χ4n) is 5.29. The average molecular weight is 468 g/mol. The quantitative estimate of drug-likeness (QED) is 0.643. The van der Waals surface area contributed by atoms with Crippen LogP contribution in [0.15, 0.2) is 24.3 Å². The van der Waals surface area contributed by atoms with Gasteiger partial charge in [-0.2, -0.15) is 0 Å². The zero-order valence-electron chi connectivity index (χ0n) is 18.2. The summed E-state index contributed by atoms with van der Waals surface area (Å²) >= 11 is 5.98. The molecule has 1 atom stereocenters. The fraction of sp³-hybridized carbons (Fsp3) is 0.696. The van der Waals surface area contributed by atoms with Crippen LogP contribution in [-0.4, -0.2) is 85.3 Å². The van der Waals surface area contributed by atoms with Crippen LogP contribution in [0.3, 0.4) is 0 Å². The number of carbonyl (C=O) groups excluding carboxylic acids is 1. The van der Waals surface area contributed by atoms with E-state index < -0.39 is 9.84 Å². The van der Waals surface area contributed by atoms with Crippen LogP contribution in [0.5, 0.6) is 0 Å². The number of sulfone groups is 1. The van der Waals surface area contributed by atoms with Crippen molar-refractivity contribution in [1.82, 2.24) is 14.7 Å². The number of benzene rings is 1. The van der Waals surface area contributed by atoms with Crippen molar-refractivity contribution in [2.45, 2.75) is 57.2 Å². The lowest BCUT2D eigenvalue weighted by Gasteiger charge is -2.40. The highest BCUT2D eigenvalue weighted by Crippen LogP contribution is 2.28. The predicted octanol–water partition coefficient (Wildman–Crippen LogP) is 2.81. The lowest BCUT2D eigenvalue weighted by molar-refractivity contribution is -0.138. The van der Waals surface area contributed by atoms with E-state index in [0.29, 0.717) is 13.0 Å². The number of halogens is 1. The first-order valence-electron chi connectivity index (χ1n) is 11.6. The van der Waals surface area contributed by atoms with Crippen molar-refractivity contribution in [3.8, 4) is 0 Å². The van der Waals surface area contributed by atoms with Crippen LogP contribution in [0, 0.1) is 0 Å². The van der Waals surface area contributed by atoms with Gasteiger partial charge in [-0.05, 0) is 37.0 Å². The molecule has 1 aromatic rings. The topological polar surface area (TPSA) is 60.9 Å². The molecule has 172 valence electrons. The first-order chi connectivity index (χ1) is 14.9. The van der Waals surface area contributed by atoms with Crippen LogP contribution in [0.2, 0.25) is 5.02 Å². The molecule has 1 saturated carbocycles. The molecular formula is C23H34ClN3O3S. The van der Waals surface area contributed by atoms with Gasteiger partial charge in [0, 0.05) is 49.8 Å². The van der Waals surface area contributed by atoms with Crippen LogP contribution in [0.1, 0.15) is 44.1 Å². The normalized spacial score (nSPS) is 25.5. The van der Waals surface area contributed by atoms with Crippen LogP contribution in [-0.2, 0) is 21.2 Å². The zero-order valence-corrected chi connectivity index (χ0v) is 19.8. The summed E-state index contributed by atoms with van der Waals surface area (Å²) in [7, 11) is -3.01. The molecule has 3 aliphatic rings. The van der Waals surface area contributed by atoms with E-state index in [4.69, 9.17) is 11.6 Å². The Morgan fingerprint density at radius 3 is 2.19 bits per heavy atom. The van der Waals surface area contributed by atoms with Gasteiger partial charge in [-0.25, -0.2) is 8.42 Å². The van der Waals surface area contributed by atoms with Gasteiger partial charge in [0.25, 0.3) is 0 Å². The molecule has 2 saturated heterocycles. The minimum Gasteiger partial charge on any atom is -0.335 e. The smallest absolute Gasteiger partial charge is 0.237 e. The molecule has 4 rings (SSSR count). The van der Waals surface area contributed by atoms with Gasteiger partial charge in [0.2, 0.25) is 5.91 Å². The minimum atomic E-state index is -3.01. The van der Waals surface area contributed by atoms with E-state index in [9.17, 15) is 13.2 Å². The van der Waals surface area contributed by atoms with Crippen LogP contribution in [0.4, 0.5) is 0 Å². The van der Waals surface area contributed by atoms with E-state index in [0.717, 1.165) is 63.4 Å². The summed E-state index contributed by atoms with van der Waals surface area (Å²) in [6.07, 6.45) is 6.11. The van der Waals surface area contributed by atoms with Gasteiger partial charge in [-0.15, -0.1) is 0 Å². The van der Waals surface area contributed by atoms with E-state index in [2.05, 4.69) is 21.9 Å². The SMILES string of the molecule is O=C(CN1CCN(Cc2ccc(Cl)cc2)CC1)N(C1CCCCC1)[C@H]1CCS(=O)(=O)C1. The van der Waals surface area contributed by atoms with E-state index in [1.165, 1.54) is 12.0 Å². The van der Waals surface area contributed by atoms with Gasteiger partial charge in [0.1, 0.15) is 0 Å². The van der Waals surface area contributed by atoms with Crippen LogP contribution < -0.4 is 0 Å². The molecule has 2 aliphatic heterocycles. The molecule has 31 heavy (non-hydrogen) atoms. The Hall–Kier alpha value is -1.15. The molecule has 0 unspecified atom stereocenters. The number of hydrogen-bond donors (Lipinski definition) is 0. The highest BCUT2D eigenvalue weighted by Gasteiger charge is 2.39. The summed E-state index contributed by atoms with van der Waals surface area (Å²) in [5.41, 5.74) is 1.25. The Balaban J connectivity index is 1.32. The number of nitrogens with zero attached hydrogens (tertiary/aromatic N) is 3. The van der Waals surface area contributed by atoms with E-state index >= 15 is 0 Å². The molecule has 0 radical (unpaired) electrons. The third-order valence-corrected chi connectivity index (χ3v) is 9.00. The van der Waals surface area contributed by atoms with E-state index in [-0.39, 0.29) is 29.5 Å². The lowest BCUT2D eigenvalue weighted by Crippen LogP contribution is -2.54. The highest BCUT2D eigenvalue weighted by atomic mass is 35.5. The number of hydrogen-bond acceptors (Lipinski definition) is 5. The van der Waals surface area contributed by atoms with Crippen molar-refractivity contribution in [2.75, 3.05) is 44.2 Å². The maximum Gasteiger partial charge on any atom is 0.237 e. The average Bonchev–Trinajstić information content (AvgIpc) is 3.11. The first kappa shape index (κ1) is 23.0. The third-order valence-electron chi connectivity index (χ3n) is 7.00. The van der Waals surface area contributed by atoms with Gasteiger partial charge in [-0.3, -0.25) is 14.6 Å². The second-order valence-corrected chi connectivity index (χ2v) is 12.0. The molecule has 1 aliphatic carbocycles. The van der Waals surface area contributed by atoms with Gasteiger partial charge in [0.05, 0.1) is 18.1 Å². The second kappa shape index (κ2) is 10.2. The third kappa shape index (κ3) is 6.21. The largest absolute Gasteiger partial charge is 0.335 e. The Morgan fingerprint density at radius 2 is 1.58 bits per heavy atom. The Bertz CT molecular complexity index is 847. The molecule has 0 spiro atoms. The standard InChI is InChI=1S/C23H34ClN3O3S/c24-20-8-6-19(7-9-20)16-25-11-13-26(14-12-25)17-23(28)27(21-4-2-1-3-5-21)22-10-15-31(29,30)18-22/h6-9,21-22H,1-5,10-18H2/t22-/m0/s1. The maximum atomic E-state index is 13.4. The summed E-state index contributed by atoms with van der Waals surface area (Å²) in [4.78, 5) is 20.0. The molecule has 3 fully saturated rings. The van der Waals surface area contributed by atoms with Gasteiger partial charge >= 0.3 is 0 Å². The van der Waals surface area contributed by atoms with Gasteiger partial charge in [-0.1, -0.05) is 43.0 Å². The number of piperazine rings is 1. The van der Waals surface area contributed by atoms with Crippen LogP contribution >= 0.6 is 11.6 Å². The fourth-order valence-corrected chi connectivity index (χ4v) is 7.12. The zero-order chi connectivity index (χ0) is 21.8. The van der Waals surface area contributed by atoms with Crippen molar-refractivity contribution < 1.29 is 13.2 Å². The van der Waals surface area contributed by atoms with Crippen molar-refractivity contribution in [3.63, 3.8) is 0 Å². The van der Waals surface area contributed by atoms with Crippen molar-refractivity contribution in [2.24, 2.45) is 0 Å². The highest BCUT2D eigenvalue weighted by molar-refractivity contribution is 7.91. The predicted molar refractivity (Wildman–Crippen MR) is 124 cm³/mol. The molecule has 0 N–H and O–H groups in total. The van der Waals surface area contributed by atoms with Crippen molar-refractivity contribution in [1.29, 1.82) is 0 Å². The number of carbonyl (C=O) groups is 1. The van der Waals surface area contributed by atoms with Gasteiger partial charge < -0.3 is 4.90 Å². The summed E-state index contributed by atoms with van der Waals surface area (Å²) in [5.74, 6) is 0.488. The Morgan fingerprint density at radius 1 is 0.935 bits per heavy atom. The summed E-state index contributed by atoms with van der Waals surface area (Å²) < 4.78 is 24.2. The molecule has 0 aromatic heterocycles. The molecule has 2 heterocycles. The summed E-state index contributed by atoms with van der Waals surface area (Å²) in [6, 6.07) is 8.06. The molecule has 6 nitrogen and oxygen atoms in total. The number of amides is 1. The monoisotopic (exact) mass is 467 g/mol. The van der Waals surface area contributed by atoms with Crippen molar-refractivity contribution in [3.05, 3.63) is 34.9 Å². The van der Waals surface area contributed by atoms with E-state index in [1.54, 1.807) is 0 Å². The molecule has 0 bridgehead atoms. The number of rotatable bonds is 6. The first-order valence-corrected chi connectivity index (χ1v) is 13.8. The lowest BCUT2D eigenvalue weighted by atomic mass is 9.92.